The Bertz CT molecular complexity index is 930. The third-order valence-electron chi connectivity index (χ3n) is 6.53. The SMILES string of the molecule is Cc1nccnc1N1CCC(C2CCN(c3ccc(S(C)(=O)=O)cc3)CC2)CC1. The van der Waals surface area contributed by atoms with Crippen molar-refractivity contribution in [3.05, 3.63) is 42.4 Å². The minimum absolute atomic E-state index is 0.390. The summed E-state index contributed by atoms with van der Waals surface area (Å²) in [5.41, 5.74) is 2.14. The quantitative estimate of drug-likeness (QED) is 0.765. The molecule has 0 aliphatic carbocycles. The lowest BCUT2D eigenvalue weighted by Crippen LogP contribution is -2.41. The van der Waals surface area contributed by atoms with Gasteiger partial charge in [0.05, 0.1) is 10.6 Å². The summed E-state index contributed by atoms with van der Waals surface area (Å²) in [6.45, 7) is 6.26. The Morgan fingerprint density at radius 3 is 1.86 bits per heavy atom. The van der Waals surface area contributed by atoms with E-state index in [1.54, 1.807) is 24.5 Å². The maximum absolute atomic E-state index is 11.6. The molecular formula is C22H30N4O2S. The lowest BCUT2D eigenvalue weighted by Gasteiger charge is -2.41. The fourth-order valence-corrected chi connectivity index (χ4v) is 5.46. The summed E-state index contributed by atoms with van der Waals surface area (Å²) in [4.78, 5) is 14.1. The third kappa shape index (κ3) is 4.55. The lowest BCUT2D eigenvalue weighted by atomic mass is 9.78. The maximum Gasteiger partial charge on any atom is 0.175 e. The highest BCUT2D eigenvalue weighted by molar-refractivity contribution is 7.90. The zero-order valence-corrected chi connectivity index (χ0v) is 18.1. The second-order valence-electron chi connectivity index (χ2n) is 8.38. The topological polar surface area (TPSA) is 66.4 Å². The van der Waals surface area contributed by atoms with Gasteiger partial charge < -0.3 is 9.80 Å². The molecule has 0 amide bonds. The van der Waals surface area contributed by atoms with Gasteiger partial charge in [0.15, 0.2) is 9.84 Å². The Morgan fingerprint density at radius 1 is 0.828 bits per heavy atom. The molecule has 156 valence electrons. The van der Waals surface area contributed by atoms with Crippen molar-refractivity contribution >= 4 is 21.3 Å². The Morgan fingerprint density at radius 2 is 1.34 bits per heavy atom. The van der Waals surface area contributed by atoms with Gasteiger partial charge in [-0.05, 0) is 68.7 Å². The smallest absolute Gasteiger partial charge is 0.175 e. The van der Waals surface area contributed by atoms with Gasteiger partial charge in [0, 0.05) is 50.5 Å². The average molecular weight is 415 g/mol. The molecule has 1 aromatic heterocycles. The monoisotopic (exact) mass is 414 g/mol. The fourth-order valence-electron chi connectivity index (χ4n) is 4.83. The van der Waals surface area contributed by atoms with Crippen LogP contribution in [0.4, 0.5) is 11.5 Å². The van der Waals surface area contributed by atoms with Gasteiger partial charge in [0.25, 0.3) is 0 Å². The van der Waals surface area contributed by atoms with Crippen LogP contribution in [0.1, 0.15) is 31.4 Å². The van der Waals surface area contributed by atoms with E-state index in [4.69, 9.17) is 0 Å². The van der Waals surface area contributed by atoms with Gasteiger partial charge in [-0.2, -0.15) is 0 Å². The Hall–Kier alpha value is -2.15. The first-order valence-electron chi connectivity index (χ1n) is 10.5. The normalized spacial score (nSPS) is 19.5. The summed E-state index contributed by atoms with van der Waals surface area (Å²) in [5, 5.41) is 0. The van der Waals surface area contributed by atoms with Crippen LogP contribution in [0.2, 0.25) is 0 Å². The summed E-state index contributed by atoms with van der Waals surface area (Å²) in [5.74, 6) is 2.61. The molecule has 2 aliphatic rings. The van der Waals surface area contributed by atoms with Crippen LogP contribution >= 0.6 is 0 Å². The highest BCUT2D eigenvalue weighted by atomic mass is 32.2. The molecule has 2 aliphatic heterocycles. The standard InChI is InChI=1S/C22H30N4O2S/c1-17-22(24-12-11-23-17)26-15-9-19(10-16-26)18-7-13-25(14-8-18)20-3-5-21(6-4-20)29(2,27)28/h3-6,11-12,18-19H,7-10,13-16H2,1-2H3. The lowest BCUT2D eigenvalue weighted by molar-refractivity contribution is 0.232. The molecule has 2 fully saturated rings. The molecule has 4 rings (SSSR count). The number of hydrogen-bond donors (Lipinski definition) is 0. The molecule has 3 heterocycles. The van der Waals surface area contributed by atoms with E-state index in [0.717, 1.165) is 55.2 Å². The van der Waals surface area contributed by atoms with E-state index in [1.165, 1.54) is 31.9 Å². The van der Waals surface area contributed by atoms with Crippen molar-refractivity contribution in [2.24, 2.45) is 11.8 Å². The molecule has 1 aromatic carbocycles. The number of hydrogen-bond acceptors (Lipinski definition) is 6. The van der Waals surface area contributed by atoms with Gasteiger partial charge in [-0.25, -0.2) is 13.4 Å². The van der Waals surface area contributed by atoms with Crippen molar-refractivity contribution < 1.29 is 8.42 Å². The van der Waals surface area contributed by atoms with E-state index in [2.05, 4.69) is 19.8 Å². The molecule has 7 heteroatoms. The average Bonchev–Trinajstić information content (AvgIpc) is 2.74. The number of anilines is 2. The van der Waals surface area contributed by atoms with E-state index in [0.29, 0.717) is 4.90 Å². The first kappa shape index (κ1) is 20.1. The van der Waals surface area contributed by atoms with E-state index >= 15 is 0 Å². The molecular weight excluding hydrogens is 384 g/mol. The van der Waals surface area contributed by atoms with Crippen molar-refractivity contribution in [1.82, 2.24) is 9.97 Å². The summed E-state index contributed by atoms with van der Waals surface area (Å²) in [6.07, 6.45) is 9.67. The summed E-state index contributed by atoms with van der Waals surface area (Å²) < 4.78 is 23.3. The molecule has 0 saturated carbocycles. The Labute approximate surface area is 173 Å². The van der Waals surface area contributed by atoms with Crippen LogP contribution in [-0.4, -0.2) is 50.8 Å². The number of sulfone groups is 1. The van der Waals surface area contributed by atoms with E-state index in [-0.39, 0.29) is 0 Å². The van der Waals surface area contributed by atoms with Crippen LogP contribution in [-0.2, 0) is 9.84 Å². The van der Waals surface area contributed by atoms with Gasteiger partial charge in [0.1, 0.15) is 5.82 Å². The number of aryl methyl sites for hydroxylation is 1. The summed E-state index contributed by atoms with van der Waals surface area (Å²) in [6, 6.07) is 7.33. The van der Waals surface area contributed by atoms with E-state index in [9.17, 15) is 8.42 Å². The van der Waals surface area contributed by atoms with Crippen LogP contribution < -0.4 is 9.80 Å². The first-order valence-corrected chi connectivity index (χ1v) is 12.4. The van der Waals surface area contributed by atoms with Crippen molar-refractivity contribution in [2.45, 2.75) is 37.5 Å². The molecule has 0 N–H and O–H groups in total. The van der Waals surface area contributed by atoms with E-state index < -0.39 is 9.84 Å². The second kappa shape index (κ2) is 8.30. The highest BCUT2D eigenvalue weighted by Crippen LogP contribution is 2.35. The first-order chi connectivity index (χ1) is 13.9. The largest absolute Gasteiger partial charge is 0.372 e. The van der Waals surface area contributed by atoms with Crippen LogP contribution in [0.25, 0.3) is 0 Å². The Balaban J connectivity index is 1.30. The van der Waals surface area contributed by atoms with Gasteiger partial charge in [-0.3, -0.25) is 4.98 Å². The number of benzene rings is 1. The number of nitrogens with zero attached hydrogens (tertiary/aromatic N) is 4. The van der Waals surface area contributed by atoms with Crippen LogP contribution in [0.5, 0.6) is 0 Å². The molecule has 6 nitrogen and oxygen atoms in total. The Kier molecular flexibility index (Phi) is 5.76. The van der Waals surface area contributed by atoms with Gasteiger partial charge in [0.2, 0.25) is 0 Å². The molecule has 29 heavy (non-hydrogen) atoms. The van der Waals surface area contributed by atoms with Crippen LogP contribution in [0.3, 0.4) is 0 Å². The minimum Gasteiger partial charge on any atom is -0.372 e. The molecule has 2 aromatic rings. The van der Waals surface area contributed by atoms with Gasteiger partial charge in [-0.1, -0.05) is 0 Å². The van der Waals surface area contributed by atoms with Crippen LogP contribution in [0.15, 0.2) is 41.6 Å². The van der Waals surface area contributed by atoms with Crippen LogP contribution in [0, 0.1) is 18.8 Å². The minimum atomic E-state index is -3.13. The van der Waals surface area contributed by atoms with Gasteiger partial charge >= 0.3 is 0 Å². The van der Waals surface area contributed by atoms with Crippen molar-refractivity contribution in [2.75, 3.05) is 42.2 Å². The molecule has 0 unspecified atom stereocenters. The van der Waals surface area contributed by atoms with E-state index in [1.807, 2.05) is 19.1 Å². The van der Waals surface area contributed by atoms with Crippen molar-refractivity contribution in [3.63, 3.8) is 0 Å². The predicted molar refractivity (Wildman–Crippen MR) is 116 cm³/mol. The molecule has 0 atom stereocenters. The third-order valence-corrected chi connectivity index (χ3v) is 7.66. The number of aromatic nitrogens is 2. The molecule has 0 bridgehead atoms. The zero-order valence-electron chi connectivity index (χ0n) is 17.3. The summed E-state index contributed by atoms with van der Waals surface area (Å²) >= 11 is 0. The fraction of sp³-hybridized carbons (Fsp3) is 0.545. The predicted octanol–water partition coefficient (Wildman–Crippen LogP) is 3.32. The maximum atomic E-state index is 11.6. The zero-order chi connectivity index (χ0) is 20.4. The summed E-state index contributed by atoms with van der Waals surface area (Å²) in [7, 11) is -3.13. The molecule has 0 radical (unpaired) electrons. The van der Waals surface area contributed by atoms with Crippen molar-refractivity contribution in [3.8, 4) is 0 Å². The second-order valence-corrected chi connectivity index (χ2v) is 10.4. The number of rotatable bonds is 4. The number of piperidine rings is 2. The molecule has 0 spiro atoms. The van der Waals surface area contributed by atoms with Gasteiger partial charge in [-0.15, -0.1) is 0 Å². The highest BCUT2D eigenvalue weighted by Gasteiger charge is 2.30. The van der Waals surface area contributed by atoms with Crippen molar-refractivity contribution in [1.29, 1.82) is 0 Å². The molecule has 2 saturated heterocycles.